The molecule has 1 heterocycles. The number of aliphatic hydroxyl groups excluding tert-OH is 2. The number of fused-ring (bicyclic) bond motifs is 1. The van der Waals surface area contributed by atoms with Crippen molar-refractivity contribution in [3.63, 3.8) is 0 Å². The first-order valence-electron chi connectivity index (χ1n) is 10.1. The molecule has 0 aromatic rings. The smallest absolute Gasteiger partial charge is 0.259 e. The van der Waals surface area contributed by atoms with Crippen molar-refractivity contribution in [2.45, 2.75) is 73.0 Å². The predicted molar refractivity (Wildman–Crippen MR) is 104 cm³/mol. The van der Waals surface area contributed by atoms with Gasteiger partial charge in [-0.05, 0) is 42.9 Å². The first-order chi connectivity index (χ1) is 12.5. The maximum atomic E-state index is 12.8. The van der Waals surface area contributed by atoms with E-state index in [9.17, 15) is 19.8 Å². The summed E-state index contributed by atoms with van der Waals surface area (Å²) >= 11 is 0. The molecule has 2 aliphatic carbocycles. The molecule has 2 unspecified atom stereocenters. The second-order valence-electron chi connectivity index (χ2n) is 9.46. The van der Waals surface area contributed by atoms with E-state index in [1.165, 1.54) is 12.5 Å². The summed E-state index contributed by atoms with van der Waals surface area (Å²) in [6.07, 6.45) is 4.61. The van der Waals surface area contributed by atoms with Crippen LogP contribution >= 0.6 is 0 Å². The Morgan fingerprint density at radius 2 is 1.93 bits per heavy atom. The third-order valence-corrected chi connectivity index (χ3v) is 8.07. The number of allylic oxidation sites excluding steroid dienone is 3. The zero-order valence-corrected chi connectivity index (χ0v) is 17.3. The van der Waals surface area contributed by atoms with Crippen LogP contribution in [0.5, 0.6) is 0 Å². The second kappa shape index (κ2) is 6.47. The summed E-state index contributed by atoms with van der Waals surface area (Å²) in [5.74, 6) is -1.09. The van der Waals surface area contributed by atoms with E-state index < -0.39 is 23.8 Å². The fourth-order valence-electron chi connectivity index (χ4n) is 6.02. The monoisotopic (exact) mass is 375 g/mol. The molecule has 5 heteroatoms. The predicted octanol–water partition coefficient (Wildman–Crippen LogP) is 3.29. The molecule has 7 atom stereocenters. The molecular weight excluding hydrogens is 342 g/mol. The van der Waals surface area contributed by atoms with Gasteiger partial charge in [0.2, 0.25) is 0 Å². The van der Waals surface area contributed by atoms with E-state index >= 15 is 0 Å². The topological polar surface area (TPSA) is 86.6 Å². The van der Waals surface area contributed by atoms with Gasteiger partial charge in [0.25, 0.3) is 5.91 Å². The maximum absolute atomic E-state index is 12.8. The fraction of sp³-hybridized carbons (Fsp3) is 0.727. The number of carbonyl (C=O) groups is 2. The van der Waals surface area contributed by atoms with Crippen LogP contribution in [0.4, 0.5) is 0 Å². The zero-order chi connectivity index (χ0) is 20.3. The number of amides is 1. The molecule has 3 N–H and O–H groups in total. The molecule has 150 valence electrons. The average molecular weight is 376 g/mol. The van der Waals surface area contributed by atoms with E-state index in [2.05, 4.69) is 46.0 Å². The van der Waals surface area contributed by atoms with E-state index in [1.54, 1.807) is 0 Å². The summed E-state index contributed by atoms with van der Waals surface area (Å²) in [4.78, 5) is 25.3. The first kappa shape index (κ1) is 20.1. The lowest BCUT2D eigenvalue weighted by Gasteiger charge is -2.60. The number of ketones is 1. The molecule has 0 aromatic carbocycles. The Hall–Kier alpha value is -1.62. The molecule has 5 nitrogen and oxygen atoms in total. The Kier molecular flexibility index (Phi) is 4.82. The highest BCUT2D eigenvalue weighted by Crippen LogP contribution is 2.65. The van der Waals surface area contributed by atoms with Crippen LogP contribution in [0.2, 0.25) is 0 Å². The van der Waals surface area contributed by atoms with Crippen LogP contribution in [0.1, 0.15) is 60.8 Å². The molecule has 0 aromatic heterocycles. The fourth-order valence-corrected chi connectivity index (χ4v) is 6.02. The third-order valence-electron chi connectivity index (χ3n) is 8.07. The van der Waals surface area contributed by atoms with Crippen molar-refractivity contribution in [3.8, 4) is 0 Å². The van der Waals surface area contributed by atoms with Crippen LogP contribution in [0, 0.1) is 28.6 Å². The molecular formula is C22H33NO4. The van der Waals surface area contributed by atoms with Crippen LogP contribution in [-0.2, 0) is 9.59 Å². The molecule has 1 saturated heterocycles. The van der Waals surface area contributed by atoms with Gasteiger partial charge >= 0.3 is 0 Å². The van der Waals surface area contributed by atoms with Crippen molar-refractivity contribution < 1.29 is 19.8 Å². The Bertz CT molecular complexity index is 737. The SMILES string of the molecule is CC1=C[C@]2(C)CCC[C@H](C)[C@@]2(C)[C@H](/C(O)=C2/C(=O)NC(C(C)O)C2=O)[C@H]1C. The van der Waals surface area contributed by atoms with E-state index in [0.717, 1.165) is 19.3 Å². The summed E-state index contributed by atoms with van der Waals surface area (Å²) in [5, 5.41) is 23.7. The molecule has 3 aliphatic rings. The van der Waals surface area contributed by atoms with Gasteiger partial charge < -0.3 is 15.5 Å². The molecule has 27 heavy (non-hydrogen) atoms. The van der Waals surface area contributed by atoms with Crippen LogP contribution in [0.25, 0.3) is 0 Å². The van der Waals surface area contributed by atoms with Crippen LogP contribution in [0.3, 0.4) is 0 Å². The van der Waals surface area contributed by atoms with Crippen LogP contribution < -0.4 is 5.32 Å². The summed E-state index contributed by atoms with van der Waals surface area (Å²) in [5.41, 5.74) is 0.681. The van der Waals surface area contributed by atoms with E-state index in [1.807, 2.05) is 0 Å². The molecule has 0 spiro atoms. The van der Waals surface area contributed by atoms with E-state index in [-0.39, 0.29) is 34.0 Å². The Morgan fingerprint density at radius 3 is 2.48 bits per heavy atom. The minimum Gasteiger partial charge on any atom is -0.511 e. The molecule has 0 radical (unpaired) electrons. The molecule has 1 aliphatic heterocycles. The van der Waals surface area contributed by atoms with Gasteiger partial charge in [-0.3, -0.25) is 9.59 Å². The van der Waals surface area contributed by atoms with Crippen LogP contribution in [-0.4, -0.2) is 34.0 Å². The van der Waals surface area contributed by atoms with Gasteiger partial charge in [-0.1, -0.05) is 52.2 Å². The number of nitrogens with one attached hydrogen (secondary N) is 1. The summed E-state index contributed by atoms with van der Waals surface area (Å²) in [7, 11) is 0. The van der Waals surface area contributed by atoms with Crippen molar-refractivity contribution in [1.29, 1.82) is 0 Å². The lowest BCUT2D eigenvalue weighted by Crippen LogP contribution is -2.54. The Labute approximate surface area is 161 Å². The van der Waals surface area contributed by atoms with Crippen molar-refractivity contribution >= 4 is 11.7 Å². The van der Waals surface area contributed by atoms with Gasteiger partial charge in [0, 0.05) is 5.92 Å². The highest BCUT2D eigenvalue weighted by atomic mass is 16.3. The normalized spacial score (nSPS) is 45.1. The van der Waals surface area contributed by atoms with Gasteiger partial charge in [0.05, 0.1) is 6.10 Å². The molecule has 0 bridgehead atoms. The van der Waals surface area contributed by atoms with Crippen molar-refractivity contribution in [3.05, 3.63) is 23.0 Å². The summed E-state index contributed by atoms with van der Waals surface area (Å²) in [6.45, 7) is 12.3. The highest BCUT2D eigenvalue weighted by Gasteiger charge is 2.59. The lowest BCUT2D eigenvalue weighted by atomic mass is 9.43. The van der Waals surface area contributed by atoms with Gasteiger partial charge in [-0.2, -0.15) is 0 Å². The second-order valence-corrected chi connectivity index (χ2v) is 9.46. The van der Waals surface area contributed by atoms with Crippen LogP contribution in [0.15, 0.2) is 23.0 Å². The van der Waals surface area contributed by atoms with Gasteiger partial charge in [-0.15, -0.1) is 0 Å². The van der Waals surface area contributed by atoms with Crippen molar-refractivity contribution in [2.24, 2.45) is 28.6 Å². The average Bonchev–Trinajstić information content (AvgIpc) is 2.86. The van der Waals surface area contributed by atoms with Gasteiger partial charge in [0.15, 0.2) is 5.78 Å². The van der Waals surface area contributed by atoms with Crippen molar-refractivity contribution in [1.82, 2.24) is 5.32 Å². The number of carbonyl (C=O) groups excluding carboxylic acids is 2. The minimum absolute atomic E-state index is 0.0299. The molecule has 1 amide bonds. The quantitative estimate of drug-likeness (QED) is 0.299. The number of Topliss-reactive ketones (excluding diaryl/α,β-unsaturated/α-hetero) is 1. The minimum atomic E-state index is -0.994. The van der Waals surface area contributed by atoms with E-state index in [4.69, 9.17) is 0 Å². The summed E-state index contributed by atoms with van der Waals surface area (Å²) in [6, 6.07) is -0.979. The Morgan fingerprint density at radius 1 is 1.30 bits per heavy atom. The number of aliphatic hydroxyl groups is 2. The lowest BCUT2D eigenvalue weighted by molar-refractivity contribution is -0.118. The standard InChI is InChI=1S/C22H33NO4/c1-11-10-21(5)9-7-8-12(2)22(21,6)16(13(11)3)18(25)15-19(26)17(14(4)24)23-20(15)27/h10,12-14,16-17,24-25H,7-9H2,1-6H3,(H,23,27)/b18-15-/t12-,13-,14?,16-,17?,21-,22-/m0/s1. The van der Waals surface area contributed by atoms with Gasteiger partial charge in [-0.25, -0.2) is 0 Å². The Balaban J connectivity index is 2.18. The van der Waals surface area contributed by atoms with Gasteiger partial charge in [0.1, 0.15) is 17.4 Å². The largest absolute Gasteiger partial charge is 0.511 e. The zero-order valence-electron chi connectivity index (χ0n) is 17.3. The van der Waals surface area contributed by atoms with Crippen molar-refractivity contribution in [2.75, 3.05) is 0 Å². The highest BCUT2D eigenvalue weighted by molar-refractivity contribution is 6.27. The van der Waals surface area contributed by atoms with E-state index in [0.29, 0.717) is 5.92 Å². The number of hydrogen-bond acceptors (Lipinski definition) is 4. The first-order valence-corrected chi connectivity index (χ1v) is 10.1. The third kappa shape index (κ3) is 2.69. The molecule has 1 saturated carbocycles. The number of rotatable bonds is 2. The summed E-state index contributed by atoms with van der Waals surface area (Å²) < 4.78 is 0. The molecule has 3 rings (SSSR count). The maximum Gasteiger partial charge on any atom is 0.259 e. The molecule has 2 fully saturated rings. The number of hydrogen-bond donors (Lipinski definition) is 3.